The number of hydrogen-bond acceptors (Lipinski definition) is 9. The van der Waals surface area contributed by atoms with Gasteiger partial charge in [-0.05, 0) is 12.8 Å². The van der Waals surface area contributed by atoms with Crippen molar-refractivity contribution in [3.8, 4) is 0 Å². The number of aliphatic hydroxyl groups excluding tert-OH is 1. The first-order valence-corrected chi connectivity index (χ1v) is 11.6. The van der Waals surface area contributed by atoms with Crippen molar-refractivity contribution in [2.45, 2.75) is 25.2 Å². The number of ether oxygens (including phenoxy) is 1. The number of hydrogen-bond donors (Lipinski definition) is 7. The van der Waals surface area contributed by atoms with Gasteiger partial charge in [-0.2, -0.15) is 8.62 Å². The molecule has 28 heavy (non-hydrogen) atoms. The van der Waals surface area contributed by atoms with Crippen LogP contribution in [0.15, 0.2) is 21.9 Å². The van der Waals surface area contributed by atoms with Gasteiger partial charge in [-0.1, -0.05) is 0 Å². The second-order valence-electron chi connectivity index (χ2n) is 5.10. The molecule has 1 fully saturated rings. The van der Waals surface area contributed by atoms with Crippen LogP contribution in [0.3, 0.4) is 0 Å². The van der Waals surface area contributed by atoms with Gasteiger partial charge in [0, 0.05) is 12.3 Å². The summed E-state index contributed by atoms with van der Waals surface area (Å²) in [7, 11) is -16.2. The number of aliphatic hydroxyl groups is 1. The minimum Gasteiger partial charge on any atom is -0.394 e. The number of aromatic nitrogens is 2. The molecule has 16 nitrogen and oxygen atoms in total. The quantitative estimate of drug-likeness (QED) is 0.234. The van der Waals surface area contributed by atoms with Crippen LogP contribution in [-0.4, -0.2) is 51.8 Å². The smallest absolute Gasteiger partial charge is 0.394 e. The van der Waals surface area contributed by atoms with Gasteiger partial charge in [-0.25, -0.2) is 18.5 Å². The fourth-order valence-corrected chi connectivity index (χ4v) is 4.50. The SMILES string of the molecule is O=P(O)(O)OP(=O)(O)OP(=O)(O)O.O=c1ccn([C@H]2CC[C@@H](CO)O2)c(=O)[nH]1. The zero-order valence-corrected chi connectivity index (χ0v) is 16.4. The Morgan fingerprint density at radius 3 is 2.00 bits per heavy atom. The van der Waals surface area contributed by atoms with Gasteiger partial charge in [-0.15, -0.1) is 0 Å². The Morgan fingerprint density at radius 2 is 1.61 bits per heavy atom. The molecule has 1 aromatic heterocycles. The Bertz CT molecular complexity index is 885. The van der Waals surface area contributed by atoms with Crippen molar-refractivity contribution in [3.05, 3.63) is 33.1 Å². The van der Waals surface area contributed by atoms with Crippen LogP contribution in [0.2, 0.25) is 0 Å². The summed E-state index contributed by atoms with van der Waals surface area (Å²) >= 11 is 0. The molecule has 7 N–H and O–H groups in total. The lowest BCUT2D eigenvalue weighted by atomic mass is 10.2. The first-order chi connectivity index (χ1) is 12.6. The summed E-state index contributed by atoms with van der Waals surface area (Å²) < 4.78 is 43.1. The monoisotopic (exact) mass is 470 g/mol. The molecule has 0 unspecified atom stereocenters. The molecule has 0 aliphatic carbocycles. The number of nitrogens with zero attached hydrogens (tertiary/aromatic N) is 1. The van der Waals surface area contributed by atoms with Crippen LogP contribution < -0.4 is 11.2 Å². The number of nitrogens with one attached hydrogen (secondary N) is 1. The highest BCUT2D eigenvalue weighted by molar-refractivity contribution is 7.66. The number of H-pyrrole nitrogens is 1. The Labute approximate surface area is 155 Å². The van der Waals surface area contributed by atoms with E-state index in [4.69, 9.17) is 34.3 Å². The molecule has 2 atom stereocenters. The van der Waals surface area contributed by atoms with E-state index in [1.807, 2.05) is 0 Å². The van der Waals surface area contributed by atoms with Gasteiger partial charge in [-0.3, -0.25) is 14.3 Å². The second-order valence-corrected chi connectivity index (χ2v) is 9.31. The molecular weight excluding hydrogens is 453 g/mol. The fourth-order valence-electron chi connectivity index (χ4n) is 1.96. The van der Waals surface area contributed by atoms with E-state index in [0.29, 0.717) is 12.8 Å². The maximum atomic E-state index is 11.4. The zero-order valence-electron chi connectivity index (χ0n) is 13.7. The van der Waals surface area contributed by atoms with E-state index in [9.17, 15) is 23.3 Å². The van der Waals surface area contributed by atoms with Crippen LogP contribution in [0.4, 0.5) is 0 Å². The van der Waals surface area contributed by atoms with E-state index in [-0.39, 0.29) is 18.9 Å². The predicted molar refractivity (Wildman–Crippen MR) is 87.6 cm³/mol. The normalized spacial score (nSPS) is 20.5. The molecule has 1 aliphatic heterocycles. The molecule has 2 heterocycles. The maximum absolute atomic E-state index is 11.4. The average molecular weight is 470 g/mol. The minimum atomic E-state index is -5.46. The highest BCUT2D eigenvalue weighted by Crippen LogP contribution is 2.64. The predicted octanol–water partition coefficient (Wildman–Crippen LogP) is -1.49. The van der Waals surface area contributed by atoms with E-state index in [2.05, 4.69) is 13.6 Å². The highest BCUT2D eigenvalue weighted by Gasteiger charge is 2.38. The maximum Gasteiger partial charge on any atom is 0.490 e. The van der Waals surface area contributed by atoms with Crippen molar-refractivity contribution in [3.63, 3.8) is 0 Å². The van der Waals surface area contributed by atoms with E-state index >= 15 is 0 Å². The van der Waals surface area contributed by atoms with E-state index < -0.39 is 34.7 Å². The Hall–Kier alpha value is -0.990. The lowest BCUT2D eigenvalue weighted by molar-refractivity contribution is -0.0246. The van der Waals surface area contributed by atoms with Crippen molar-refractivity contribution >= 4 is 23.5 Å². The standard InChI is InChI=1S/C9H12N2O4.H5O10P3/c12-5-6-1-2-8(15-6)11-4-3-7(13)10-9(11)14;1-11(2,3)9-13(7,8)10-12(4,5)6/h3-4,6,8,12H,1-2,5H2,(H,10,13,14);(H,7,8)(H2,1,2,3)(H2,4,5,6)/t6-,8+;/m0./s1. The molecule has 19 heteroatoms. The van der Waals surface area contributed by atoms with Crippen LogP contribution in [0.5, 0.6) is 0 Å². The second kappa shape index (κ2) is 9.67. The van der Waals surface area contributed by atoms with Crippen molar-refractivity contribution in [1.82, 2.24) is 9.55 Å². The molecule has 0 aromatic carbocycles. The van der Waals surface area contributed by atoms with Gasteiger partial charge in [0.25, 0.3) is 5.56 Å². The zero-order chi connectivity index (χ0) is 21.8. The Balaban J connectivity index is 0.000000284. The van der Waals surface area contributed by atoms with Crippen molar-refractivity contribution in [2.75, 3.05) is 6.61 Å². The highest BCUT2D eigenvalue weighted by atomic mass is 31.3. The number of phosphoric acid groups is 3. The van der Waals surface area contributed by atoms with E-state index in [1.54, 1.807) is 0 Å². The lowest BCUT2D eigenvalue weighted by Gasteiger charge is -2.13. The summed E-state index contributed by atoms with van der Waals surface area (Å²) in [4.78, 5) is 64.6. The molecule has 1 aliphatic rings. The molecule has 2 rings (SSSR count). The summed E-state index contributed by atoms with van der Waals surface area (Å²) in [5, 5.41) is 8.87. The van der Waals surface area contributed by atoms with Crippen LogP contribution in [0, 0.1) is 0 Å². The molecular formula is C9H17N2O14P3. The van der Waals surface area contributed by atoms with Gasteiger partial charge >= 0.3 is 29.2 Å². The minimum absolute atomic E-state index is 0.0470. The Kier molecular flexibility index (Phi) is 8.65. The summed E-state index contributed by atoms with van der Waals surface area (Å²) in [6, 6.07) is 1.27. The third-order valence-corrected chi connectivity index (χ3v) is 6.22. The molecule has 162 valence electrons. The average Bonchev–Trinajstić information content (AvgIpc) is 2.91. The van der Waals surface area contributed by atoms with Gasteiger partial charge in [0.15, 0.2) is 0 Å². The van der Waals surface area contributed by atoms with Crippen molar-refractivity contribution in [2.24, 2.45) is 0 Å². The van der Waals surface area contributed by atoms with Crippen LogP contribution in [0.1, 0.15) is 19.1 Å². The van der Waals surface area contributed by atoms with Crippen molar-refractivity contribution in [1.29, 1.82) is 0 Å². The molecule has 0 radical (unpaired) electrons. The fraction of sp³-hybridized carbons (Fsp3) is 0.556. The first kappa shape index (κ1) is 25.0. The van der Waals surface area contributed by atoms with Crippen LogP contribution >= 0.6 is 23.5 Å². The van der Waals surface area contributed by atoms with E-state index in [1.165, 1.54) is 16.8 Å². The van der Waals surface area contributed by atoms with Gasteiger partial charge in [0.2, 0.25) is 0 Å². The van der Waals surface area contributed by atoms with Crippen LogP contribution in [0.25, 0.3) is 0 Å². The number of rotatable bonds is 6. The van der Waals surface area contributed by atoms with E-state index in [0.717, 1.165) is 0 Å². The van der Waals surface area contributed by atoms with Gasteiger partial charge < -0.3 is 34.3 Å². The first-order valence-electron chi connectivity index (χ1n) is 7.06. The Morgan fingerprint density at radius 1 is 1.07 bits per heavy atom. The molecule has 0 spiro atoms. The van der Waals surface area contributed by atoms with Crippen LogP contribution in [-0.2, 0) is 27.1 Å². The summed E-state index contributed by atoms with van der Waals surface area (Å²) in [5.41, 5.74) is -0.904. The third kappa shape index (κ3) is 9.47. The molecule has 0 bridgehead atoms. The van der Waals surface area contributed by atoms with Gasteiger partial charge in [0.1, 0.15) is 6.23 Å². The summed E-state index contributed by atoms with van der Waals surface area (Å²) in [5.74, 6) is 0. The molecule has 0 amide bonds. The molecule has 1 saturated heterocycles. The largest absolute Gasteiger partial charge is 0.490 e. The van der Waals surface area contributed by atoms with Gasteiger partial charge in [0.05, 0.1) is 12.7 Å². The number of aromatic amines is 1. The van der Waals surface area contributed by atoms with Crippen molar-refractivity contribution < 1.29 is 56.6 Å². The summed E-state index contributed by atoms with van der Waals surface area (Å²) in [6.07, 6.45) is 2.19. The molecule has 0 saturated carbocycles. The lowest BCUT2D eigenvalue weighted by Crippen LogP contribution is -2.31. The summed E-state index contributed by atoms with van der Waals surface area (Å²) in [6.45, 7) is -0.0470. The third-order valence-electron chi connectivity index (χ3n) is 2.87. The molecule has 1 aromatic rings. The topological polar surface area (TPSA) is 255 Å².